The first-order chi connectivity index (χ1) is 30.1. The van der Waals surface area contributed by atoms with Crippen molar-refractivity contribution in [3.63, 3.8) is 0 Å². The summed E-state index contributed by atoms with van der Waals surface area (Å²) in [5.74, 6) is -3.76. The van der Waals surface area contributed by atoms with Crippen LogP contribution < -0.4 is 31.9 Å². The highest BCUT2D eigenvalue weighted by Crippen LogP contribution is 2.46. The molecule has 2 aliphatic carbocycles. The van der Waals surface area contributed by atoms with Crippen molar-refractivity contribution in [3.8, 4) is 0 Å². The average molecular weight is 876 g/mol. The Hall–Kier alpha value is -5.84. The first-order valence-corrected chi connectivity index (χ1v) is 21.9. The van der Waals surface area contributed by atoms with Crippen LogP contribution in [-0.4, -0.2) is 120 Å². The van der Waals surface area contributed by atoms with Crippen molar-refractivity contribution in [2.45, 2.75) is 122 Å². The van der Waals surface area contributed by atoms with E-state index in [9.17, 15) is 43.5 Å². The number of fused-ring (bicyclic) bond motifs is 2. The van der Waals surface area contributed by atoms with Crippen molar-refractivity contribution in [1.82, 2.24) is 36.8 Å². The molecule has 17 nitrogen and oxygen atoms in total. The van der Waals surface area contributed by atoms with E-state index in [0.717, 1.165) is 31.9 Å². The summed E-state index contributed by atoms with van der Waals surface area (Å²) < 4.78 is 4.70. The van der Waals surface area contributed by atoms with Gasteiger partial charge in [-0.25, -0.2) is 4.79 Å². The Morgan fingerprint density at radius 1 is 0.730 bits per heavy atom. The van der Waals surface area contributed by atoms with Crippen LogP contribution in [0.4, 0.5) is 0 Å². The van der Waals surface area contributed by atoms with E-state index in [-0.39, 0.29) is 37.1 Å². The number of rotatable bonds is 24. The lowest BCUT2D eigenvalue weighted by molar-refractivity contribution is -0.146. The molecule has 0 spiro atoms. The lowest BCUT2D eigenvalue weighted by Crippen LogP contribution is -2.59. The molecule has 0 radical (unpaired) electrons. The molecule has 2 aromatic rings. The third-order valence-corrected chi connectivity index (χ3v) is 11.7. The molecule has 2 bridgehead atoms. The number of aliphatic hydroxyl groups is 1. The minimum atomic E-state index is -1.38. The molecule has 0 saturated heterocycles. The molecule has 63 heavy (non-hydrogen) atoms. The Bertz CT molecular complexity index is 1880. The summed E-state index contributed by atoms with van der Waals surface area (Å²) in [5.41, 5.74) is 1.09. The second-order valence-corrected chi connectivity index (χ2v) is 17.1. The number of methoxy groups -OCH3 is 1. The summed E-state index contributed by atoms with van der Waals surface area (Å²) in [6.07, 6.45) is 5.77. The van der Waals surface area contributed by atoms with Crippen LogP contribution in [0.5, 0.6) is 0 Å². The Balaban J connectivity index is 1.41. The van der Waals surface area contributed by atoms with Crippen molar-refractivity contribution in [1.29, 1.82) is 0 Å². The number of nitrogens with one attached hydrogen (secondary N) is 6. The minimum absolute atomic E-state index is 0.00214. The van der Waals surface area contributed by atoms with Crippen LogP contribution in [0.2, 0.25) is 0 Å². The molecule has 0 aliphatic heterocycles. The molecule has 7 N–H and O–H groups in total. The topological polar surface area (TPSA) is 241 Å². The molecule has 8 atom stereocenters. The number of hydrogen-bond acceptors (Lipinski definition) is 10. The smallest absolute Gasteiger partial charge is 0.330 e. The number of nitrogens with zero attached hydrogens (tertiary/aromatic N) is 1. The van der Waals surface area contributed by atoms with Gasteiger partial charge in [-0.05, 0) is 87.3 Å². The van der Waals surface area contributed by atoms with Crippen LogP contribution in [0.1, 0.15) is 95.0 Å². The summed E-state index contributed by atoms with van der Waals surface area (Å²) in [6.45, 7) is 6.03. The van der Waals surface area contributed by atoms with Crippen LogP contribution in [0.25, 0.3) is 0 Å². The molecule has 7 amide bonds. The zero-order valence-corrected chi connectivity index (χ0v) is 37.0. The monoisotopic (exact) mass is 875 g/mol. The number of carbonyl (C=O) groups excluding carboxylic acids is 8. The fourth-order valence-corrected chi connectivity index (χ4v) is 8.45. The third-order valence-electron chi connectivity index (χ3n) is 11.7. The Kier molecular flexibility index (Phi) is 19.5. The van der Waals surface area contributed by atoms with Gasteiger partial charge < -0.3 is 46.6 Å². The second-order valence-electron chi connectivity index (χ2n) is 17.1. The van der Waals surface area contributed by atoms with Gasteiger partial charge in [0, 0.05) is 31.5 Å². The molecule has 344 valence electrons. The lowest BCUT2D eigenvalue weighted by Gasteiger charge is -2.34. The largest absolute Gasteiger partial charge is 0.467 e. The van der Waals surface area contributed by atoms with Gasteiger partial charge in [-0.3, -0.25) is 33.6 Å². The molecule has 2 saturated carbocycles. The zero-order chi connectivity index (χ0) is 46.1. The second kappa shape index (κ2) is 24.7. The molecular weight excluding hydrogens is 811 g/mol. The summed E-state index contributed by atoms with van der Waals surface area (Å²) in [4.78, 5) is 107. The van der Waals surface area contributed by atoms with Gasteiger partial charge in [-0.1, -0.05) is 68.8 Å². The quantitative estimate of drug-likeness (QED) is 0.0593. The Labute approximate surface area is 369 Å². The van der Waals surface area contributed by atoms with Crippen LogP contribution >= 0.6 is 0 Å². The van der Waals surface area contributed by atoms with Crippen LogP contribution in [0, 0.1) is 17.8 Å². The van der Waals surface area contributed by atoms with Gasteiger partial charge in [0.25, 0.3) is 5.91 Å². The summed E-state index contributed by atoms with van der Waals surface area (Å²) >= 11 is 0. The predicted molar refractivity (Wildman–Crippen MR) is 233 cm³/mol. The van der Waals surface area contributed by atoms with Crippen molar-refractivity contribution in [3.05, 3.63) is 71.8 Å². The average Bonchev–Trinajstić information content (AvgIpc) is 3.90. The van der Waals surface area contributed by atoms with Gasteiger partial charge in [0.1, 0.15) is 24.2 Å². The molecule has 3 unspecified atom stereocenters. The standard InChI is InChI=1S/C46H65N7O10/c1-28(2)22-36(45(61)50-35(43(59)52-38(27-54)46(62)63-5)18-12-13-21-53(30(4)55)39-25-32-19-20-34(39)23-32)51-41(57)29(3)48-44(60)37(24-31-14-8-6-9-15-31)49-40(56)26-47-42(58)33-16-10-7-11-17-33/h6-11,14-17,28-29,32,34-39,54H,12-13,18-27H2,1-5H3,(H,47,58)(H,48,60)(H,49,56)(H,50,61)(H,51,57)(H,52,59)/t29-,32?,34?,35-,36-,37-,38-,39?/m0/s1. The van der Waals surface area contributed by atoms with Crippen molar-refractivity contribution >= 4 is 47.3 Å². The van der Waals surface area contributed by atoms with E-state index < -0.39 is 84.8 Å². The number of esters is 1. The number of ether oxygens (including phenoxy) is 1. The molecule has 2 aliphatic rings. The first kappa shape index (κ1) is 49.8. The van der Waals surface area contributed by atoms with E-state index in [2.05, 4.69) is 31.9 Å². The molecule has 0 heterocycles. The summed E-state index contributed by atoms with van der Waals surface area (Å²) in [7, 11) is 1.12. The number of aliphatic hydroxyl groups excluding tert-OH is 1. The van der Waals surface area contributed by atoms with E-state index in [1.807, 2.05) is 18.7 Å². The Morgan fingerprint density at radius 3 is 1.94 bits per heavy atom. The zero-order valence-electron chi connectivity index (χ0n) is 37.0. The van der Waals surface area contributed by atoms with Gasteiger partial charge in [-0.2, -0.15) is 0 Å². The fraction of sp³-hybridized carbons (Fsp3) is 0.565. The molecule has 2 aromatic carbocycles. The number of hydrogen-bond donors (Lipinski definition) is 7. The molecule has 17 heteroatoms. The molecular formula is C46H65N7O10. The normalized spacial score (nSPS) is 18.7. The highest BCUT2D eigenvalue weighted by molar-refractivity contribution is 5.98. The van der Waals surface area contributed by atoms with E-state index >= 15 is 0 Å². The lowest BCUT2D eigenvalue weighted by atomic mass is 9.93. The highest BCUT2D eigenvalue weighted by Gasteiger charge is 2.43. The molecule has 4 rings (SSSR count). The van der Waals surface area contributed by atoms with E-state index in [1.165, 1.54) is 13.3 Å². The number of amides is 7. The molecule has 2 fully saturated rings. The van der Waals surface area contributed by atoms with Gasteiger partial charge in [0.15, 0.2) is 6.04 Å². The third kappa shape index (κ3) is 15.5. The van der Waals surface area contributed by atoms with E-state index in [1.54, 1.807) is 67.6 Å². The van der Waals surface area contributed by atoms with E-state index in [4.69, 9.17) is 4.74 Å². The highest BCUT2D eigenvalue weighted by atomic mass is 16.5. The van der Waals surface area contributed by atoms with Crippen LogP contribution in [-0.2, 0) is 44.7 Å². The van der Waals surface area contributed by atoms with Gasteiger partial charge >= 0.3 is 5.97 Å². The molecule has 0 aromatic heterocycles. The maximum Gasteiger partial charge on any atom is 0.330 e. The van der Waals surface area contributed by atoms with Crippen molar-refractivity contribution in [2.24, 2.45) is 17.8 Å². The van der Waals surface area contributed by atoms with E-state index in [0.29, 0.717) is 36.8 Å². The first-order valence-electron chi connectivity index (χ1n) is 21.9. The number of carbonyl (C=O) groups is 8. The van der Waals surface area contributed by atoms with Crippen LogP contribution in [0.15, 0.2) is 60.7 Å². The van der Waals surface area contributed by atoms with Crippen molar-refractivity contribution in [2.75, 3.05) is 26.8 Å². The SMILES string of the molecule is COC(=O)[C@H](CO)NC(=O)[C@H](CCCCN(C(C)=O)C1CC2CCC1C2)NC(=O)[C@H](CC(C)C)NC(=O)[C@H](C)NC(=O)[C@H](Cc1ccccc1)NC(=O)CNC(=O)c1ccccc1. The van der Waals surface area contributed by atoms with Crippen molar-refractivity contribution < 1.29 is 48.2 Å². The maximum absolute atomic E-state index is 14.0. The fourth-order valence-electron chi connectivity index (χ4n) is 8.45. The van der Waals surface area contributed by atoms with Gasteiger partial charge in [0.05, 0.1) is 20.3 Å². The van der Waals surface area contributed by atoms with Crippen LogP contribution in [0.3, 0.4) is 0 Å². The predicted octanol–water partition coefficient (Wildman–Crippen LogP) is 1.52. The maximum atomic E-state index is 14.0. The van der Waals surface area contributed by atoms with Gasteiger partial charge in [0.2, 0.25) is 35.4 Å². The minimum Gasteiger partial charge on any atom is -0.467 e. The number of unbranched alkanes of at least 4 members (excludes halogenated alkanes) is 1. The number of benzene rings is 2. The van der Waals surface area contributed by atoms with Gasteiger partial charge in [-0.15, -0.1) is 0 Å². The summed E-state index contributed by atoms with van der Waals surface area (Å²) in [5, 5.41) is 25.5. The Morgan fingerprint density at radius 2 is 1.35 bits per heavy atom. The summed E-state index contributed by atoms with van der Waals surface area (Å²) in [6, 6.07) is 11.4.